The molecule has 0 saturated carbocycles. The van der Waals surface area contributed by atoms with Crippen LogP contribution in [0.5, 0.6) is 0 Å². The summed E-state index contributed by atoms with van der Waals surface area (Å²) in [4.78, 5) is 9.12. The Hall–Kier alpha value is -2.72. The summed E-state index contributed by atoms with van der Waals surface area (Å²) >= 11 is 5.91. The number of benzene rings is 2. The Morgan fingerprint density at radius 2 is 1.45 bits per heavy atom. The third-order valence-corrected chi connectivity index (χ3v) is 3.66. The van der Waals surface area contributed by atoms with E-state index in [9.17, 15) is 0 Å². The molecule has 0 bridgehead atoms. The monoisotopic (exact) mass is 306 g/mol. The van der Waals surface area contributed by atoms with Crippen LogP contribution in [-0.4, -0.2) is 19.6 Å². The molecule has 106 valence electrons. The summed E-state index contributed by atoms with van der Waals surface area (Å²) in [7, 11) is 0. The maximum Gasteiger partial charge on any atom is 0.251 e. The van der Waals surface area contributed by atoms with E-state index >= 15 is 0 Å². The molecule has 4 rings (SSSR count). The van der Waals surface area contributed by atoms with Crippen LogP contribution in [0.2, 0.25) is 5.02 Å². The third-order valence-electron chi connectivity index (χ3n) is 3.40. The average molecular weight is 307 g/mol. The van der Waals surface area contributed by atoms with Crippen molar-refractivity contribution in [1.82, 2.24) is 19.6 Å². The van der Waals surface area contributed by atoms with Gasteiger partial charge in [-0.25, -0.2) is 14.5 Å². The van der Waals surface area contributed by atoms with Gasteiger partial charge in [0, 0.05) is 16.1 Å². The molecule has 2 aromatic heterocycles. The van der Waals surface area contributed by atoms with Crippen LogP contribution in [0.25, 0.3) is 28.3 Å². The minimum Gasteiger partial charge on any atom is -0.209 e. The predicted octanol–water partition coefficient (Wildman–Crippen LogP) is 4.11. The molecule has 0 N–H and O–H groups in total. The lowest BCUT2D eigenvalue weighted by atomic mass is 10.2. The fourth-order valence-corrected chi connectivity index (χ4v) is 2.41. The molecule has 4 nitrogen and oxygen atoms in total. The van der Waals surface area contributed by atoms with Gasteiger partial charge < -0.3 is 0 Å². The zero-order chi connectivity index (χ0) is 14.9. The van der Waals surface area contributed by atoms with Crippen LogP contribution in [0.15, 0.2) is 67.0 Å². The lowest BCUT2D eigenvalue weighted by Crippen LogP contribution is -1.95. The highest BCUT2D eigenvalue weighted by Crippen LogP contribution is 2.21. The van der Waals surface area contributed by atoms with Gasteiger partial charge in [-0.3, -0.25) is 0 Å². The second kappa shape index (κ2) is 5.24. The van der Waals surface area contributed by atoms with Crippen molar-refractivity contribution in [3.8, 4) is 22.5 Å². The van der Waals surface area contributed by atoms with Crippen LogP contribution in [0.1, 0.15) is 0 Å². The van der Waals surface area contributed by atoms with Gasteiger partial charge in [0.05, 0.1) is 23.8 Å². The van der Waals surface area contributed by atoms with E-state index in [0.717, 1.165) is 22.5 Å². The standard InChI is InChI=1S/C17H11ClN4/c18-14-8-6-13(7-9-14)15-10-19-22-11-16(21-17(22)20-15)12-4-2-1-3-5-12/h1-11H. The molecule has 0 amide bonds. The van der Waals surface area contributed by atoms with Crippen molar-refractivity contribution >= 4 is 17.4 Å². The predicted molar refractivity (Wildman–Crippen MR) is 86.7 cm³/mol. The summed E-state index contributed by atoms with van der Waals surface area (Å²) in [6.07, 6.45) is 3.61. The van der Waals surface area contributed by atoms with Crippen LogP contribution in [0.3, 0.4) is 0 Å². The molecular weight excluding hydrogens is 296 g/mol. The number of halogens is 1. The van der Waals surface area contributed by atoms with Crippen molar-refractivity contribution in [2.45, 2.75) is 0 Å². The van der Waals surface area contributed by atoms with E-state index in [1.165, 1.54) is 0 Å². The molecular formula is C17H11ClN4. The minimum atomic E-state index is 0.575. The number of fused-ring (bicyclic) bond motifs is 1. The number of nitrogens with zero attached hydrogens (tertiary/aromatic N) is 4. The molecule has 0 radical (unpaired) electrons. The van der Waals surface area contributed by atoms with E-state index in [2.05, 4.69) is 15.1 Å². The Kier molecular flexibility index (Phi) is 3.09. The van der Waals surface area contributed by atoms with Crippen LogP contribution in [-0.2, 0) is 0 Å². The van der Waals surface area contributed by atoms with E-state index in [1.807, 2.05) is 60.8 Å². The minimum absolute atomic E-state index is 0.575. The summed E-state index contributed by atoms with van der Waals surface area (Å²) in [5.74, 6) is 0.575. The van der Waals surface area contributed by atoms with Crippen molar-refractivity contribution in [3.05, 3.63) is 72.0 Å². The molecule has 0 atom stereocenters. The highest BCUT2D eigenvalue weighted by atomic mass is 35.5. The van der Waals surface area contributed by atoms with E-state index in [4.69, 9.17) is 11.6 Å². The second-order valence-electron chi connectivity index (χ2n) is 4.89. The van der Waals surface area contributed by atoms with Gasteiger partial charge in [0.1, 0.15) is 0 Å². The maximum atomic E-state index is 5.91. The number of rotatable bonds is 2. The zero-order valence-corrected chi connectivity index (χ0v) is 12.3. The lowest BCUT2D eigenvalue weighted by molar-refractivity contribution is 0.905. The van der Waals surface area contributed by atoms with E-state index in [0.29, 0.717) is 10.8 Å². The first-order valence-corrected chi connectivity index (χ1v) is 7.21. The van der Waals surface area contributed by atoms with E-state index < -0.39 is 0 Å². The molecule has 0 aliphatic rings. The normalized spacial score (nSPS) is 11.0. The van der Waals surface area contributed by atoms with E-state index in [1.54, 1.807) is 10.7 Å². The van der Waals surface area contributed by atoms with Gasteiger partial charge in [-0.2, -0.15) is 5.10 Å². The zero-order valence-electron chi connectivity index (χ0n) is 11.5. The smallest absolute Gasteiger partial charge is 0.209 e. The highest BCUT2D eigenvalue weighted by Gasteiger charge is 2.08. The van der Waals surface area contributed by atoms with Gasteiger partial charge in [0.15, 0.2) is 0 Å². The van der Waals surface area contributed by atoms with Crippen molar-refractivity contribution in [2.24, 2.45) is 0 Å². The number of aromatic nitrogens is 4. The fourth-order valence-electron chi connectivity index (χ4n) is 2.28. The molecule has 0 unspecified atom stereocenters. The van der Waals surface area contributed by atoms with E-state index in [-0.39, 0.29) is 0 Å². The maximum absolute atomic E-state index is 5.91. The van der Waals surface area contributed by atoms with Gasteiger partial charge in [-0.1, -0.05) is 54.1 Å². The Balaban J connectivity index is 1.80. The highest BCUT2D eigenvalue weighted by molar-refractivity contribution is 6.30. The third kappa shape index (κ3) is 2.34. The molecule has 5 heteroatoms. The van der Waals surface area contributed by atoms with Crippen molar-refractivity contribution < 1.29 is 0 Å². The Morgan fingerprint density at radius 1 is 0.773 bits per heavy atom. The van der Waals surface area contributed by atoms with Crippen LogP contribution >= 0.6 is 11.6 Å². The molecule has 0 spiro atoms. The fraction of sp³-hybridized carbons (Fsp3) is 0. The van der Waals surface area contributed by atoms with Gasteiger partial charge in [0.2, 0.25) is 0 Å². The molecule has 4 aromatic rings. The van der Waals surface area contributed by atoms with Crippen molar-refractivity contribution in [2.75, 3.05) is 0 Å². The summed E-state index contributed by atoms with van der Waals surface area (Å²) in [5, 5.41) is 5.08. The number of hydrogen-bond donors (Lipinski definition) is 0. The van der Waals surface area contributed by atoms with Gasteiger partial charge >= 0.3 is 0 Å². The van der Waals surface area contributed by atoms with Crippen molar-refractivity contribution in [3.63, 3.8) is 0 Å². The topological polar surface area (TPSA) is 43.1 Å². The quantitative estimate of drug-likeness (QED) is 0.559. The van der Waals surface area contributed by atoms with Gasteiger partial charge in [0.25, 0.3) is 5.78 Å². The van der Waals surface area contributed by atoms with Crippen LogP contribution in [0, 0.1) is 0 Å². The van der Waals surface area contributed by atoms with Crippen LogP contribution < -0.4 is 0 Å². The SMILES string of the molecule is Clc1ccc(-c2cnn3cc(-c4ccccc4)nc3n2)cc1. The second-order valence-corrected chi connectivity index (χ2v) is 5.32. The van der Waals surface area contributed by atoms with Gasteiger partial charge in [-0.05, 0) is 12.1 Å². The summed E-state index contributed by atoms with van der Waals surface area (Å²) in [6, 6.07) is 17.5. The summed E-state index contributed by atoms with van der Waals surface area (Å²) in [5.41, 5.74) is 3.63. The first-order valence-electron chi connectivity index (χ1n) is 6.83. The Morgan fingerprint density at radius 3 is 2.23 bits per heavy atom. The first-order chi connectivity index (χ1) is 10.8. The number of imidazole rings is 1. The Labute approximate surface area is 132 Å². The molecule has 0 aliphatic heterocycles. The molecule has 2 heterocycles. The Bertz CT molecular complexity index is 930. The van der Waals surface area contributed by atoms with Gasteiger partial charge in [-0.15, -0.1) is 0 Å². The molecule has 0 saturated heterocycles. The number of hydrogen-bond acceptors (Lipinski definition) is 3. The van der Waals surface area contributed by atoms with Crippen LogP contribution in [0.4, 0.5) is 0 Å². The summed E-state index contributed by atoms with van der Waals surface area (Å²) in [6.45, 7) is 0. The molecule has 0 aliphatic carbocycles. The molecule has 22 heavy (non-hydrogen) atoms. The first kappa shape index (κ1) is 13.0. The summed E-state index contributed by atoms with van der Waals surface area (Å²) < 4.78 is 1.68. The largest absolute Gasteiger partial charge is 0.251 e. The molecule has 2 aromatic carbocycles. The molecule has 0 fully saturated rings. The van der Waals surface area contributed by atoms with Crippen molar-refractivity contribution in [1.29, 1.82) is 0 Å². The average Bonchev–Trinajstić information content (AvgIpc) is 2.99. The lowest BCUT2D eigenvalue weighted by Gasteiger charge is -2.00.